The van der Waals surface area contributed by atoms with Gasteiger partial charge in [-0.05, 0) is 107 Å². The van der Waals surface area contributed by atoms with Crippen molar-refractivity contribution >= 4 is 10.0 Å². The minimum Gasteiger partial charge on any atom is -0.303 e. The fourth-order valence-corrected chi connectivity index (χ4v) is 6.29. The first kappa shape index (κ1) is 27.1. The fraction of sp³-hybridized carbons (Fsp3) is 0.556. The summed E-state index contributed by atoms with van der Waals surface area (Å²) in [6.07, 6.45) is 3.83. The number of halogens is 3. The normalized spacial score (nSPS) is 19.0. The third-order valence-corrected chi connectivity index (χ3v) is 8.84. The van der Waals surface area contributed by atoms with Crippen molar-refractivity contribution in [1.82, 2.24) is 14.5 Å². The van der Waals surface area contributed by atoms with Gasteiger partial charge in [0.2, 0.25) is 10.0 Å². The average Bonchev–Trinajstić information content (AvgIpc) is 2.89. The number of alkyl halides is 3. The Balaban J connectivity index is 1.18. The highest BCUT2D eigenvalue weighted by atomic mass is 32.2. The Bertz CT molecular complexity index is 1060. The van der Waals surface area contributed by atoms with Crippen LogP contribution in [0.3, 0.4) is 0 Å². The Morgan fingerprint density at radius 1 is 0.806 bits per heavy atom. The molecule has 0 bridgehead atoms. The summed E-state index contributed by atoms with van der Waals surface area (Å²) in [7, 11) is -3.63. The molecule has 0 radical (unpaired) electrons. The van der Waals surface area contributed by atoms with E-state index >= 15 is 0 Å². The molecule has 2 heterocycles. The van der Waals surface area contributed by atoms with Gasteiger partial charge < -0.3 is 9.80 Å². The van der Waals surface area contributed by atoms with Crippen molar-refractivity contribution in [3.63, 3.8) is 0 Å². The zero-order valence-corrected chi connectivity index (χ0v) is 21.5. The molecule has 0 atom stereocenters. The van der Waals surface area contributed by atoms with E-state index in [0.29, 0.717) is 17.7 Å². The lowest BCUT2D eigenvalue weighted by atomic mass is 10.00. The molecule has 9 heteroatoms. The number of hydrogen-bond acceptors (Lipinski definition) is 4. The number of unbranched alkanes of at least 4 members (excludes halogenated alkanes) is 1. The van der Waals surface area contributed by atoms with Crippen LogP contribution in [0, 0.1) is 0 Å². The molecule has 0 amide bonds. The van der Waals surface area contributed by atoms with Crippen LogP contribution < -0.4 is 4.72 Å². The maximum atomic E-state index is 12.8. The van der Waals surface area contributed by atoms with E-state index in [9.17, 15) is 21.6 Å². The van der Waals surface area contributed by atoms with E-state index in [2.05, 4.69) is 14.5 Å². The van der Waals surface area contributed by atoms with Gasteiger partial charge in [-0.15, -0.1) is 0 Å². The van der Waals surface area contributed by atoms with Crippen LogP contribution in [0.1, 0.15) is 50.5 Å². The molecule has 4 rings (SSSR count). The van der Waals surface area contributed by atoms with Gasteiger partial charge in [0, 0.05) is 12.6 Å². The van der Waals surface area contributed by atoms with Gasteiger partial charge in [0.25, 0.3) is 0 Å². The molecule has 1 N–H and O–H groups in total. The number of nitrogens with zero attached hydrogens (tertiary/aromatic N) is 2. The molecule has 2 fully saturated rings. The third-order valence-electron chi connectivity index (χ3n) is 7.37. The quantitative estimate of drug-likeness (QED) is 0.449. The lowest BCUT2D eigenvalue weighted by Gasteiger charge is -2.40. The van der Waals surface area contributed by atoms with Gasteiger partial charge >= 0.3 is 6.18 Å². The van der Waals surface area contributed by atoms with E-state index in [1.54, 1.807) is 12.1 Å². The van der Waals surface area contributed by atoms with Crippen molar-refractivity contribution < 1.29 is 21.6 Å². The number of hydrogen-bond donors (Lipinski definition) is 1. The molecular weight excluding hydrogens is 487 g/mol. The molecule has 0 spiro atoms. The molecule has 36 heavy (non-hydrogen) atoms. The third kappa shape index (κ3) is 7.31. The van der Waals surface area contributed by atoms with Crippen LogP contribution in [-0.4, -0.2) is 63.5 Å². The zero-order valence-electron chi connectivity index (χ0n) is 20.6. The van der Waals surface area contributed by atoms with Gasteiger partial charge in [-0.2, -0.15) is 13.2 Å². The molecule has 2 aliphatic rings. The van der Waals surface area contributed by atoms with Crippen LogP contribution in [-0.2, 0) is 16.2 Å². The van der Waals surface area contributed by atoms with Crippen molar-refractivity contribution in [1.29, 1.82) is 0 Å². The van der Waals surface area contributed by atoms with Crippen LogP contribution in [0.2, 0.25) is 0 Å². The topological polar surface area (TPSA) is 52.7 Å². The molecule has 198 valence electrons. The predicted molar refractivity (Wildman–Crippen MR) is 136 cm³/mol. The summed E-state index contributed by atoms with van der Waals surface area (Å²) in [4.78, 5) is 5.32. The van der Waals surface area contributed by atoms with Crippen LogP contribution in [0.15, 0.2) is 53.4 Å². The summed E-state index contributed by atoms with van der Waals surface area (Å²) >= 11 is 0. The standard InChI is InChI=1S/C27H36F3N3O2S/c28-27(29,30)24-10-6-22(7-11-24)23-8-12-26(13-9-23)36(34,35)31-16-2-5-17-32-20-14-25(15-21-32)33-18-3-1-4-19-33/h6-13,25,31H,1-5,14-21H2. The molecule has 2 aromatic rings. The first-order chi connectivity index (χ1) is 17.2. The number of sulfonamides is 1. The highest BCUT2D eigenvalue weighted by molar-refractivity contribution is 7.89. The van der Waals surface area contributed by atoms with Crippen molar-refractivity contribution in [2.24, 2.45) is 0 Å². The fourth-order valence-electron chi connectivity index (χ4n) is 5.22. The van der Waals surface area contributed by atoms with E-state index in [1.165, 1.54) is 69.5 Å². The first-order valence-electron chi connectivity index (χ1n) is 13.0. The second kappa shape index (κ2) is 12.1. The largest absolute Gasteiger partial charge is 0.416 e. The molecule has 0 aromatic heterocycles. The van der Waals surface area contributed by atoms with Crippen molar-refractivity contribution in [3.05, 3.63) is 54.1 Å². The van der Waals surface area contributed by atoms with Gasteiger partial charge in [0.1, 0.15) is 0 Å². The van der Waals surface area contributed by atoms with Crippen LogP contribution in [0.4, 0.5) is 13.2 Å². The lowest BCUT2D eigenvalue weighted by molar-refractivity contribution is -0.137. The van der Waals surface area contributed by atoms with E-state index in [4.69, 9.17) is 0 Å². The molecule has 0 aliphatic carbocycles. The van der Waals surface area contributed by atoms with Gasteiger partial charge in [0.15, 0.2) is 0 Å². The van der Waals surface area contributed by atoms with Crippen LogP contribution >= 0.6 is 0 Å². The second-order valence-electron chi connectivity index (χ2n) is 9.87. The Labute approximate surface area is 212 Å². The summed E-state index contributed by atoms with van der Waals surface area (Å²) < 4.78 is 66.2. The number of nitrogens with one attached hydrogen (secondary N) is 1. The Morgan fingerprint density at radius 2 is 1.39 bits per heavy atom. The first-order valence-corrected chi connectivity index (χ1v) is 14.4. The average molecular weight is 524 g/mol. The molecule has 5 nitrogen and oxygen atoms in total. The Hall–Kier alpha value is -1.94. The van der Waals surface area contributed by atoms with E-state index in [-0.39, 0.29) is 4.90 Å². The molecule has 2 aromatic carbocycles. The highest BCUT2D eigenvalue weighted by Crippen LogP contribution is 2.31. The van der Waals surface area contributed by atoms with Crippen LogP contribution in [0.25, 0.3) is 11.1 Å². The highest BCUT2D eigenvalue weighted by Gasteiger charge is 2.30. The molecule has 0 unspecified atom stereocenters. The summed E-state index contributed by atoms with van der Waals surface area (Å²) in [5, 5.41) is 0. The maximum Gasteiger partial charge on any atom is 0.416 e. The van der Waals surface area contributed by atoms with E-state index < -0.39 is 21.8 Å². The Kier molecular flexibility index (Phi) is 9.09. The minimum atomic E-state index is -4.38. The number of rotatable bonds is 9. The van der Waals surface area contributed by atoms with Crippen molar-refractivity contribution in [3.8, 4) is 11.1 Å². The van der Waals surface area contributed by atoms with Gasteiger partial charge in [0.05, 0.1) is 10.5 Å². The minimum absolute atomic E-state index is 0.151. The SMILES string of the molecule is O=S(=O)(NCCCCN1CCC(N2CCCCC2)CC1)c1ccc(-c2ccc(C(F)(F)F)cc2)cc1. The molecular formula is C27H36F3N3O2S. The van der Waals surface area contributed by atoms with Gasteiger partial charge in [-0.1, -0.05) is 30.7 Å². The number of piperidine rings is 2. The molecule has 2 saturated heterocycles. The van der Waals surface area contributed by atoms with Gasteiger partial charge in [-0.25, -0.2) is 13.1 Å². The summed E-state index contributed by atoms with van der Waals surface area (Å²) in [6, 6.07) is 11.8. The molecule has 2 aliphatic heterocycles. The smallest absolute Gasteiger partial charge is 0.303 e. The van der Waals surface area contributed by atoms with Crippen LogP contribution in [0.5, 0.6) is 0 Å². The summed E-state index contributed by atoms with van der Waals surface area (Å²) in [5.41, 5.74) is 0.545. The van der Waals surface area contributed by atoms with E-state index in [1.807, 2.05) is 0 Å². The monoisotopic (exact) mass is 523 g/mol. The summed E-state index contributed by atoms with van der Waals surface area (Å²) in [6.45, 7) is 6.13. The van der Waals surface area contributed by atoms with Gasteiger partial charge in [-0.3, -0.25) is 0 Å². The number of likely N-dealkylation sites (tertiary alicyclic amines) is 2. The number of benzene rings is 2. The van der Waals surface area contributed by atoms with Crippen molar-refractivity contribution in [2.75, 3.05) is 39.3 Å². The zero-order chi connectivity index (χ0) is 25.6. The van der Waals surface area contributed by atoms with Crippen molar-refractivity contribution in [2.45, 2.75) is 62.1 Å². The maximum absolute atomic E-state index is 12.8. The lowest BCUT2D eigenvalue weighted by Crippen LogP contribution is -2.46. The molecule has 0 saturated carbocycles. The van der Waals surface area contributed by atoms with E-state index in [0.717, 1.165) is 50.7 Å². The summed E-state index contributed by atoms with van der Waals surface area (Å²) in [5.74, 6) is 0. The Morgan fingerprint density at radius 3 is 1.97 bits per heavy atom. The second-order valence-corrected chi connectivity index (χ2v) is 11.6. The predicted octanol–water partition coefficient (Wildman–Crippen LogP) is 5.38.